The van der Waals surface area contributed by atoms with E-state index < -0.39 is 10.0 Å². The zero-order chi connectivity index (χ0) is 29.9. The van der Waals surface area contributed by atoms with Crippen molar-refractivity contribution in [2.24, 2.45) is 0 Å². The monoisotopic (exact) mass is 659 g/mol. The molecule has 13 heteroatoms. The van der Waals surface area contributed by atoms with Gasteiger partial charge in [-0.25, -0.2) is 13.4 Å². The van der Waals surface area contributed by atoms with Crippen molar-refractivity contribution in [3.63, 3.8) is 0 Å². The summed E-state index contributed by atoms with van der Waals surface area (Å²) in [7, 11) is -0.421. The Bertz CT molecular complexity index is 1520. The maximum Gasteiger partial charge on any atom is 0.230 e. The molecule has 3 aromatic rings. The first kappa shape index (κ1) is 30.2. The highest BCUT2D eigenvalue weighted by atomic mass is 79.9. The molecule has 3 heterocycles. The summed E-state index contributed by atoms with van der Waals surface area (Å²) in [5.74, 6) is 1.85. The molecule has 5 rings (SSSR count). The summed E-state index contributed by atoms with van der Waals surface area (Å²) in [6, 6.07) is 10.0. The molecule has 0 bridgehead atoms. The Morgan fingerprint density at radius 3 is 2.36 bits per heavy atom. The Balaban J connectivity index is 1.35. The number of sulfonamides is 1. The van der Waals surface area contributed by atoms with Gasteiger partial charge >= 0.3 is 0 Å². The second-order valence-corrected chi connectivity index (χ2v) is 13.3. The van der Waals surface area contributed by atoms with Crippen LogP contribution >= 0.6 is 15.9 Å². The van der Waals surface area contributed by atoms with Crippen LogP contribution in [0.25, 0.3) is 0 Å². The van der Waals surface area contributed by atoms with Gasteiger partial charge < -0.3 is 29.9 Å². The molecule has 11 nitrogen and oxygen atoms in total. The molecule has 0 spiro atoms. The van der Waals surface area contributed by atoms with E-state index in [0.717, 1.165) is 30.6 Å². The van der Waals surface area contributed by atoms with Crippen molar-refractivity contribution in [3.05, 3.63) is 46.6 Å². The van der Waals surface area contributed by atoms with Crippen molar-refractivity contribution in [2.45, 2.75) is 38.6 Å². The van der Waals surface area contributed by atoms with Crippen molar-refractivity contribution < 1.29 is 17.9 Å². The van der Waals surface area contributed by atoms with E-state index in [0.29, 0.717) is 39.5 Å². The maximum absolute atomic E-state index is 12.0. The molecule has 1 aromatic heterocycles. The van der Waals surface area contributed by atoms with Crippen LogP contribution in [0.15, 0.2) is 41.0 Å². The van der Waals surface area contributed by atoms with Gasteiger partial charge in [-0.1, -0.05) is 6.07 Å². The summed E-state index contributed by atoms with van der Waals surface area (Å²) in [6.45, 7) is 6.66. The number of methoxy groups -OCH3 is 2. The molecule has 2 saturated heterocycles. The number of ether oxygens (including phenoxy) is 2. The Kier molecular flexibility index (Phi) is 9.28. The number of rotatable bonds is 10. The van der Waals surface area contributed by atoms with Crippen LogP contribution in [0.2, 0.25) is 0 Å². The van der Waals surface area contributed by atoms with E-state index >= 15 is 0 Å². The SMILES string of the molecule is COc1cc(N2CCC(N3CCCC3)CC2)c(C)cc1Nc1ncc(Br)c(Nc2cccc(OC)c2NS(C)(=O)=O)n1. The highest BCUT2D eigenvalue weighted by molar-refractivity contribution is 9.10. The van der Waals surface area contributed by atoms with E-state index in [1.54, 1.807) is 31.5 Å². The summed E-state index contributed by atoms with van der Waals surface area (Å²) < 4.78 is 38.3. The van der Waals surface area contributed by atoms with Gasteiger partial charge in [0.25, 0.3) is 0 Å². The van der Waals surface area contributed by atoms with Crippen LogP contribution in [-0.4, -0.2) is 76.0 Å². The van der Waals surface area contributed by atoms with Crippen molar-refractivity contribution in [1.29, 1.82) is 0 Å². The molecule has 0 saturated carbocycles. The van der Waals surface area contributed by atoms with Crippen LogP contribution in [0.5, 0.6) is 11.5 Å². The van der Waals surface area contributed by atoms with Crippen molar-refractivity contribution >= 4 is 60.5 Å². The topological polar surface area (TPSA) is 121 Å². The zero-order valence-electron chi connectivity index (χ0n) is 24.4. The average Bonchev–Trinajstić information content (AvgIpc) is 3.50. The van der Waals surface area contributed by atoms with Crippen LogP contribution in [-0.2, 0) is 10.0 Å². The number of hydrogen-bond acceptors (Lipinski definition) is 10. The summed E-state index contributed by atoms with van der Waals surface area (Å²) in [6.07, 6.45) is 7.72. The fraction of sp³-hybridized carbons (Fsp3) is 0.448. The predicted molar refractivity (Wildman–Crippen MR) is 172 cm³/mol. The van der Waals surface area contributed by atoms with Crippen LogP contribution < -0.4 is 29.7 Å². The molecule has 2 aliphatic heterocycles. The number of halogens is 1. The van der Waals surface area contributed by atoms with E-state index in [4.69, 9.17) is 9.47 Å². The summed E-state index contributed by atoms with van der Waals surface area (Å²) >= 11 is 3.50. The fourth-order valence-electron chi connectivity index (χ4n) is 5.72. The van der Waals surface area contributed by atoms with Crippen molar-refractivity contribution in [3.8, 4) is 11.5 Å². The molecule has 42 heavy (non-hydrogen) atoms. The minimum absolute atomic E-state index is 0.278. The van der Waals surface area contributed by atoms with Gasteiger partial charge in [0.1, 0.15) is 23.0 Å². The number of aryl methyl sites for hydroxylation is 1. The van der Waals surface area contributed by atoms with E-state index in [9.17, 15) is 8.42 Å². The van der Waals surface area contributed by atoms with Gasteiger partial charge in [0.2, 0.25) is 16.0 Å². The van der Waals surface area contributed by atoms with Gasteiger partial charge in [-0.2, -0.15) is 4.98 Å². The Hall–Kier alpha value is -3.29. The highest BCUT2D eigenvalue weighted by Gasteiger charge is 2.27. The molecule has 0 aliphatic carbocycles. The number of likely N-dealkylation sites (tertiary alicyclic amines) is 1. The van der Waals surface area contributed by atoms with Crippen LogP contribution in [0.4, 0.5) is 34.5 Å². The highest BCUT2D eigenvalue weighted by Crippen LogP contribution is 2.38. The van der Waals surface area contributed by atoms with Gasteiger partial charge in [-0.3, -0.25) is 4.72 Å². The van der Waals surface area contributed by atoms with Gasteiger partial charge in [-0.15, -0.1) is 0 Å². The summed E-state index contributed by atoms with van der Waals surface area (Å²) in [4.78, 5) is 14.2. The first-order valence-corrected chi connectivity index (χ1v) is 16.7. The molecule has 2 aromatic carbocycles. The maximum atomic E-state index is 12.0. The third-order valence-electron chi connectivity index (χ3n) is 7.76. The molecular formula is C29H38BrN7O4S. The Labute approximate surface area is 256 Å². The lowest BCUT2D eigenvalue weighted by atomic mass is 10.0. The number of benzene rings is 2. The number of anilines is 6. The molecule has 0 amide bonds. The lowest BCUT2D eigenvalue weighted by molar-refractivity contribution is 0.208. The quantitative estimate of drug-likeness (QED) is 0.258. The summed E-state index contributed by atoms with van der Waals surface area (Å²) in [5, 5.41) is 6.49. The Morgan fingerprint density at radius 2 is 1.69 bits per heavy atom. The number of piperidine rings is 1. The first-order chi connectivity index (χ1) is 20.1. The third-order valence-corrected chi connectivity index (χ3v) is 8.91. The molecular weight excluding hydrogens is 622 g/mol. The number of nitrogens with one attached hydrogen (secondary N) is 3. The largest absolute Gasteiger partial charge is 0.494 e. The van der Waals surface area contributed by atoms with E-state index in [1.165, 1.54) is 51.6 Å². The van der Waals surface area contributed by atoms with Crippen molar-refractivity contribution in [1.82, 2.24) is 14.9 Å². The summed E-state index contributed by atoms with van der Waals surface area (Å²) in [5.41, 5.74) is 3.82. The molecule has 0 unspecified atom stereocenters. The minimum atomic E-state index is -3.56. The van der Waals surface area contributed by atoms with Gasteiger partial charge in [0.05, 0.1) is 36.3 Å². The lowest BCUT2D eigenvalue weighted by Crippen LogP contribution is -2.44. The average molecular weight is 661 g/mol. The normalized spacial score (nSPS) is 16.4. The van der Waals surface area contributed by atoms with Gasteiger partial charge in [0, 0.05) is 37.1 Å². The first-order valence-electron chi connectivity index (χ1n) is 14.0. The number of para-hydroxylation sites is 1. The zero-order valence-corrected chi connectivity index (χ0v) is 26.8. The van der Waals surface area contributed by atoms with E-state index in [-0.39, 0.29) is 5.69 Å². The van der Waals surface area contributed by atoms with Crippen LogP contribution in [0.1, 0.15) is 31.2 Å². The number of aromatic nitrogens is 2. The standard InChI is InChI=1S/C29H38BrN7O4S/c1-19-16-23(26(41-3)17-24(19)37-14-10-20(11-15-37)36-12-5-6-13-36)33-29-31-18-21(30)28(34-29)32-22-8-7-9-25(40-2)27(22)35-42(4,38)39/h7-9,16-18,20,35H,5-6,10-15H2,1-4H3,(H2,31,32,33,34). The number of hydrogen-bond donors (Lipinski definition) is 3. The molecule has 3 N–H and O–H groups in total. The lowest BCUT2D eigenvalue weighted by Gasteiger charge is -2.38. The smallest absolute Gasteiger partial charge is 0.230 e. The van der Waals surface area contributed by atoms with E-state index in [1.807, 2.05) is 0 Å². The molecule has 226 valence electrons. The second-order valence-electron chi connectivity index (χ2n) is 10.7. The predicted octanol–water partition coefficient (Wildman–Crippen LogP) is 5.49. The van der Waals surface area contributed by atoms with E-state index in [2.05, 4.69) is 70.1 Å². The molecule has 0 atom stereocenters. The second kappa shape index (κ2) is 12.9. The van der Waals surface area contributed by atoms with Gasteiger partial charge in [0.15, 0.2) is 0 Å². The molecule has 2 fully saturated rings. The third kappa shape index (κ3) is 7.01. The van der Waals surface area contributed by atoms with Crippen LogP contribution in [0.3, 0.4) is 0 Å². The number of nitrogens with zero attached hydrogens (tertiary/aromatic N) is 4. The molecule has 2 aliphatic rings. The molecule has 0 radical (unpaired) electrons. The van der Waals surface area contributed by atoms with Crippen molar-refractivity contribution in [2.75, 3.05) is 66.9 Å². The Morgan fingerprint density at radius 1 is 0.976 bits per heavy atom. The minimum Gasteiger partial charge on any atom is -0.494 e. The van der Waals surface area contributed by atoms with Crippen LogP contribution in [0, 0.1) is 6.92 Å². The fourth-order valence-corrected chi connectivity index (χ4v) is 6.59. The van der Waals surface area contributed by atoms with Gasteiger partial charge in [-0.05, 0) is 85.4 Å².